The Labute approximate surface area is 119 Å². The fraction of sp³-hybridized carbons (Fsp3) is 0. The molecule has 1 aromatic heterocycles. The number of halogens is 1. The Kier molecular flexibility index (Phi) is 4.31. The highest BCUT2D eigenvalue weighted by Gasteiger charge is 2.15. The van der Waals surface area contributed by atoms with Crippen molar-refractivity contribution in [3.8, 4) is 11.6 Å². The molecule has 2 N–H and O–H groups in total. The van der Waals surface area contributed by atoms with Crippen molar-refractivity contribution in [1.29, 1.82) is 0 Å². The topological polar surface area (TPSA) is 82.3 Å². The average molecular weight is 317 g/mol. The molecule has 0 fully saturated rings. The van der Waals surface area contributed by atoms with Crippen LogP contribution in [0.15, 0.2) is 52.4 Å². The molecule has 0 aliphatic heterocycles. The molecule has 0 saturated carbocycles. The third-order valence-corrected chi connectivity index (χ3v) is 4.27. The summed E-state index contributed by atoms with van der Waals surface area (Å²) in [5.41, 5.74) is 0. The number of hydrogen-bond acceptors (Lipinski definition) is 5. The lowest BCUT2D eigenvalue weighted by Gasteiger charge is -2.08. The Balaban J connectivity index is 2.39. The molecule has 2 rings (SSSR count). The molecule has 0 aliphatic rings. The fourth-order valence-corrected chi connectivity index (χ4v) is 3.26. The lowest BCUT2D eigenvalue weighted by molar-refractivity contribution is 0.460. The maximum Gasteiger partial charge on any atom is 0.239 e. The van der Waals surface area contributed by atoms with Gasteiger partial charge in [0, 0.05) is 23.2 Å². The van der Waals surface area contributed by atoms with E-state index in [9.17, 15) is 8.42 Å². The van der Waals surface area contributed by atoms with Crippen molar-refractivity contribution in [2.75, 3.05) is 0 Å². The van der Waals surface area contributed by atoms with Crippen LogP contribution < -0.4 is 9.88 Å². The zero-order valence-corrected chi connectivity index (χ0v) is 11.9. The normalized spacial score (nSPS) is 11.3. The molecule has 0 radical (unpaired) electrons. The largest absolute Gasteiger partial charge is 0.439 e. The summed E-state index contributed by atoms with van der Waals surface area (Å²) in [6.07, 6.45) is 1.57. The molecule has 0 atom stereocenters. The number of nitrogens with zero attached hydrogens (tertiary/aromatic N) is 1. The van der Waals surface area contributed by atoms with Gasteiger partial charge in [-0.2, -0.15) is 0 Å². The quantitative estimate of drug-likeness (QED) is 0.937. The summed E-state index contributed by atoms with van der Waals surface area (Å²) in [5, 5.41) is 5.12. The van der Waals surface area contributed by atoms with Crippen molar-refractivity contribution in [2.45, 2.75) is 9.79 Å². The van der Waals surface area contributed by atoms with Gasteiger partial charge in [0.15, 0.2) is 0 Å². The third-order valence-electron chi connectivity index (χ3n) is 2.16. The molecular weight excluding hydrogens is 308 g/mol. The fourth-order valence-electron chi connectivity index (χ4n) is 1.37. The first-order valence-electron chi connectivity index (χ1n) is 5.05. The first kappa shape index (κ1) is 14.1. The van der Waals surface area contributed by atoms with Gasteiger partial charge in [0.1, 0.15) is 10.6 Å². The second-order valence-electron chi connectivity index (χ2n) is 3.50. The molecule has 5 nitrogen and oxygen atoms in total. The molecule has 100 valence electrons. The highest BCUT2D eigenvalue weighted by molar-refractivity contribution is 8.21. The van der Waals surface area contributed by atoms with E-state index in [0.717, 1.165) is 11.0 Å². The summed E-state index contributed by atoms with van der Waals surface area (Å²) in [6.45, 7) is 0. The molecule has 0 amide bonds. The predicted octanol–water partition coefficient (Wildman–Crippen LogP) is 2.77. The van der Waals surface area contributed by atoms with Crippen molar-refractivity contribution in [1.82, 2.24) is 4.98 Å². The minimum Gasteiger partial charge on any atom is -0.439 e. The van der Waals surface area contributed by atoms with Gasteiger partial charge in [-0.05, 0) is 39.9 Å². The van der Waals surface area contributed by atoms with E-state index in [1.807, 2.05) is 0 Å². The first-order valence-corrected chi connectivity index (χ1v) is 8.24. The van der Waals surface area contributed by atoms with Gasteiger partial charge in [-0.1, -0.05) is 6.07 Å². The van der Waals surface area contributed by atoms with E-state index >= 15 is 0 Å². The Hall–Kier alpha value is -1.28. The smallest absolute Gasteiger partial charge is 0.239 e. The summed E-state index contributed by atoms with van der Waals surface area (Å²) >= 11 is 0. The maximum absolute atomic E-state index is 11.5. The number of benzene rings is 1. The van der Waals surface area contributed by atoms with Crippen LogP contribution >= 0.6 is 21.7 Å². The van der Waals surface area contributed by atoms with Gasteiger partial charge in [-0.3, -0.25) is 0 Å². The number of rotatable bonds is 4. The van der Waals surface area contributed by atoms with Crippen LogP contribution in [0.2, 0.25) is 0 Å². The molecule has 0 spiro atoms. The highest BCUT2D eigenvalue weighted by atomic mass is 35.7. The minimum atomic E-state index is -3.87. The number of pyridine rings is 1. The average Bonchev–Trinajstić information content (AvgIpc) is 2.39. The number of primary sulfonamides is 1. The summed E-state index contributed by atoms with van der Waals surface area (Å²) in [4.78, 5) is 4.24. The Bertz CT molecular complexity index is 678. The highest BCUT2D eigenvalue weighted by Crippen LogP contribution is 2.32. The predicted molar refractivity (Wildman–Crippen MR) is 73.8 cm³/mol. The lowest BCUT2D eigenvalue weighted by Crippen LogP contribution is -2.13. The van der Waals surface area contributed by atoms with Crippen LogP contribution in [0.1, 0.15) is 0 Å². The van der Waals surface area contributed by atoms with Crippen molar-refractivity contribution in [2.24, 2.45) is 5.14 Å². The SMILES string of the molecule is NS(=O)(=O)c1cc(Oc2ccccn2)ccc1SCl. The zero-order chi connectivity index (χ0) is 13.9. The van der Waals surface area contributed by atoms with E-state index in [2.05, 4.69) is 4.98 Å². The van der Waals surface area contributed by atoms with E-state index in [4.69, 9.17) is 20.6 Å². The lowest BCUT2D eigenvalue weighted by atomic mass is 10.3. The van der Waals surface area contributed by atoms with Gasteiger partial charge >= 0.3 is 0 Å². The third kappa shape index (κ3) is 3.60. The van der Waals surface area contributed by atoms with Gasteiger partial charge in [0.05, 0.1) is 0 Å². The van der Waals surface area contributed by atoms with Gasteiger partial charge in [-0.25, -0.2) is 18.5 Å². The summed E-state index contributed by atoms with van der Waals surface area (Å²) < 4.78 is 28.3. The summed E-state index contributed by atoms with van der Waals surface area (Å²) in [5.74, 6) is 0.673. The molecule has 0 unspecified atom stereocenters. The van der Waals surface area contributed by atoms with Crippen molar-refractivity contribution in [3.05, 3.63) is 42.6 Å². The summed E-state index contributed by atoms with van der Waals surface area (Å²) in [7, 11) is 2.51. The number of nitrogens with two attached hydrogens (primary N) is 1. The molecule has 1 aromatic carbocycles. The van der Waals surface area contributed by atoms with Crippen molar-refractivity contribution >= 4 is 31.7 Å². The van der Waals surface area contributed by atoms with Crippen LogP contribution in [0.5, 0.6) is 11.6 Å². The standard InChI is InChI=1S/C11H9ClN2O3S2/c12-18-9-5-4-8(7-10(9)19(13,15)16)17-11-3-1-2-6-14-11/h1-7H,(H2,13,15,16). The molecule has 1 heterocycles. The second kappa shape index (κ2) is 5.79. The molecule has 2 aromatic rings. The van der Waals surface area contributed by atoms with Crippen LogP contribution in [0.3, 0.4) is 0 Å². The molecule has 0 bridgehead atoms. The van der Waals surface area contributed by atoms with E-state index < -0.39 is 10.0 Å². The van der Waals surface area contributed by atoms with Gasteiger partial charge in [0.25, 0.3) is 0 Å². The molecule has 0 aliphatic carbocycles. The molecule has 19 heavy (non-hydrogen) atoms. The summed E-state index contributed by atoms with van der Waals surface area (Å²) in [6, 6.07) is 9.58. The zero-order valence-electron chi connectivity index (χ0n) is 9.49. The van der Waals surface area contributed by atoms with Crippen molar-refractivity contribution < 1.29 is 13.2 Å². The number of sulfonamides is 1. The molecular formula is C11H9ClN2O3S2. The van der Waals surface area contributed by atoms with Gasteiger partial charge < -0.3 is 4.74 Å². The van der Waals surface area contributed by atoms with Crippen LogP contribution in [0.4, 0.5) is 0 Å². The van der Waals surface area contributed by atoms with Gasteiger partial charge in [-0.15, -0.1) is 0 Å². The van der Waals surface area contributed by atoms with E-state index in [1.54, 1.807) is 30.5 Å². The van der Waals surface area contributed by atoms with Crippen LogP contribution in [-0.4, -0.2) is 13.4 Å². The Morgan fingerprint density at radius 3 is 2.63 bits per heavy atom. The Morgan fingerprint density at radius 2 is 2.05 bits per heavy atom. The van der Waals surface area contributed by atoms with Gasteiger partial charge in [0.2, 0.25) is 15.9 Å². The van der Waals surface area contributed by atoms with E-state index in [0.29, 0.717) is 16.5 Å². The maximum atomic E-state index is 11.5. The van der Waals surface area contributed by atoms with E-state index in [-0.39, 0.29) is 4.90 Å². The van der Waals surface area contributed by atoms with E-state index in [1.165, 1.54) is 12.1 Å². The molecule has 8 heteroatoms. The molecule has 0 saturated heterocycles. The van der Waals surface area contributed by atoms with Crippen molar-refractivity contribution in [3.63, 3.8) is 0 Å². The number of hydrogen-bond donors (Lipinski definition) is 1. The number of aromatic nitrogens is 1. The monoisotopic (exact) mass is 316 g/mol. The van der Waals surface area contributed by atoms with Crippen LogP contribution in [0, 0.1) is 0 Å². The minimum absolute atomic E-state index is 0.0825. The number of ether oxygens (including phenoxy) is 1. The Morgan fingerprint density at radius 1 is 1.26 bits per heavy atom. The second-order valence-corrected chi connectivity index (χ2v) is 6.09. The van der Waals surface area contributed by atoms with Crippen LogP contribution in [-0.2, 0) is 10.0 Å². The first-order chi connectivity index (χ1) is 9.00. The van der Waals surface area contributed by atoms with Crippen LogP contribution in [0.25, 0.3) is 0 Å².